The van der Waals surface area contributed by atoms with Crippen LogP contribution in [0.5, 0.6) is 0 Å². The van der Waals surface area contributed by atoms with Crippen molar-refractivity contribution in [2.24, 2.45) is 0 Å². The summed E-state index contributed by atoms with van der Waals surface area (Å²) in [6.45, 7) is 1.48. The maximum Gasteiger partial charge on any atom is 0.187 e. The third-order valence-electron chi connectivity index (χ3n) is 0. The molecule has 0 aliphatic heterocycles. The standard InChI is InChI=1S/C2H3Cl3.CH3Br/c1-2(3,4)5;1-2/h1H3;1H3. The zero-order chi connectivity index (χ0) is 6.50. The molecule has 0 atom stereocenters. The molecule has 0 aliphatic carbocycles. The molecule has 0 aromatic heterocycles. The lowest BCUT2D eigenvalue weighted by Crippen LogP contribution is -1.87. The highest BCUT2D eigenvalue weighted by molar-refractivity contribution is 9.08. The average molecular weight is 228 g/mol. The molecule has 0 aromatic carbocycles. The van der Waals surface area contributed by atoms with Crippen molar-refractivity contribution in [3.8, 4) is 0 Å². The first-order valence-electron chi connectivity index (χ1n) is 1.44. The van der Waals surface area contributed by atoms with Gasteiger partial charge in [-0.2, -0.15) is 0 Å². The first-order chi connectivity index (χ1) is 3.00. The Morgan fingerprint density at radius 2 is 1.14 bits per heavy atom. The molecule has 0 heterocycles. The smallest absolute Gasteiger partial charge is 0.0966 e. The van der Waals surface area contributed by atoms with E-state index in [0.29, 0.717) is 0 Å². The summed E-state index contributed by atoms with van der Waals surface area (Å²) in [6.07, 6.45) is 0. The molecule has 0 N–H and O–H groups in total. The number of rotatable bonds is 0. The van der Waals surface area contributed by atoms with E-state index in [0.717, 1.165) is 0 Å². The molecule has 0 fully saturated rings. The lowest BCUT2D eigenvalue weighted by molar-refractivity contribution is 1.27. The molecule has 0 rings (SSSR count). The molecule has 0 saturated heterocycles. The van der Waals surface area contributed by atoms with Gasteiger partial charge in [-0.1, -0.05) is 50.7 Å². The monoisotopic (exact) mass is 226 g/mol. The second-order valence-corrected chi connectivity index (χ2v) is 3.63. The Morgan fingerprint density at radius 3 is 1.14 bits per heavy atom. The third kappa shape index (κ3) is 115. The predicted molar refractivity (Wildman–Crippen MR) is 40.8 cm³/mol. The van der Waals surface area contributed by atoms with Gasteiger partial charge in [0.25, 0.3) is 0 Å². The van der Waals surface area contributed by atoms with E-state index < -0.39 is 3.79 Å². The lowest BCUT2D eigenvalue weighted by Gasteiger charge is -1.94. The quantitative estimate of drug-likeness (QED) is 0.558. The highest BCUT2D eigenvalue weighted by Crippen LogP contribution is 2.23. The van der Waals surface area contributed by atoms with Crippen molar-refractivity contribution in [3.63, 3.8) is 0 Å². The van der Waals surface area contributed by atoms with Gasteiger partial charge in [0.2, 0.25) is 0 Å². The number of alkyl halides is 4. The molecule has 0 spiro atoms. The molecule has 0 unspecified atom stereocenters. The molecule has 0 amide bonds. The Morgan fingerprint density at radius 1 is 1.14 bits per heavy atom. The van der Waals surface area contributed by atoms with E-state index in [4.69, 9.17) is 34.8 Å². The van der Waals surface area contributed by atoms with Crippen LogP contribution in [0.1, 0.15) is 6.92 Å². The van der Waals surface area contributed by atoms with Gasteiger partial charge in [-0.15, -0.1) is 0 Å². The minimum Gasteiger partial charge on any atom is -0.0966 e. The number of halogens is 4. The van der Waals surface area contributed by atoms with Crippen molar-refractivity contribution < 1.29 is 0 Å². The normalized spacial score (nSPS) is 9.43. The summed E-state index contributed by atoms with van der Waals surface area (Å²) >= 11 is 18.1. The second-order valence-electron chi connectivity index (χ2n) is 0.781. The van der Waals surface area contributed by atoms with Gasteiger partial charge in [0.15, 0.2) is 3.79 Å². The Hall–Kier alpha value is 1.35. The fourth-order valence-corrected chi connectivity index (χ4v) is 0. The zero-order valence-electron chi connectivity index (χ0n) is 4.01. The molecule has 0 bridgehead atoms. The molecule has 7 heavy (non-hydrogen) atoms. The summed E-state index contributed by atoms with van der Waals surface area (Å²) in [5.41, 5.74) is 0. The Bertz CT molecular complexity index is 25.7. The maximum atomic E-state index is 5.06. The Labute approximate surface area is 67.3 Å². The second kappa shape index (κ2) is 5.49. The van der Waals surface area contributed by atoms with E-state index in [9.17, 15) is 0 Å². The van der Waals surface area contributed by atoms with E-state index in [2.05, 4.69) is 15.9 Å². The predicted octanol–water partition coefficient (Wildman–Crippen LogP) is 3.39. The highest BCUT2D eigenvalue weighted by Gasteiger charge is 2.07. The van der Waals surface area contributed by atoms with Crippen LogP contribution >= 0.6 is 50.7 Å². The molecule has 46 valence electrons. The third-order valence-corrected chi connectivity index (χ3v) is 0. The van der Waals surface area contributed by atoms with E-state index in [-0.39, 0.29) is 0 Å². The van der Waals surface area contributed by atoms with Gasteiger partial charge >= 0.3 is 0 Å². The van der Waals surface area contributed by atoms with Crippen molar-refractivity contribution in [3.05, 3.63) is 0 Å². The highest BCUT2D eigenvalue weighted by atomic mass is 79.9. The van der Waals surface area contributed by atoms with E-state index in [1.807, 2.05) is 5.83 Å². The lowest BCUT2D eigenvalue weighted by atomic mass is 10.9. The summed E-state index contributed by atoms with van der Waals surface area (Å²) in [5.74, 6) is 1.81. The van der Waals surface area contributed by atoms with Gasteiger partial charge in [-0.05, 0) is 12.8 Å². The van der Waals surface area contributed by atoms with Crippen molar-refractivity contribution in [2.75, 3.05) is 5.83 Å². The fraction of sp³-hybridized carbons (Fsp3) is 1.00. The summed E-state index contributed by atoms with van der Waals surface area (Å²) in [4.78, 5) is 0. The van der Waals surface area contributed by atoms with Crippen LogP contribution in [0.15, 0.2) is 0 Å². The summed E-state index contributed by atoms with van der Waals surface area (Å²) in [7, 11) is 0. The SMILES string of the molecule is CBr.CC(Cl)(Cl)Cl. The van der Waals surface area contributed by atoms with Gasteiger partial charge in [-0.3, -0.25) is 0 Å². The van der Waals surface area contributed by atoms with Crippen LogP contribution in [0, 0.1) is 0 Å². The van der Waals surface area contributed by atoms with Crippen LogP contribution in [-0.2, 0) is 0 Å². The molecule has 0 radical (unpaired) electrons. The molecule has 0 aromatic rings. The van der Waals surface area contributed by atoms with Crippen LogP contribution in [0.4, 0.5) is 0 Å². The van der Waals surface area contributed by atoms with E-state index >= 15 is 0 Å². The van der Waals surface area contributed by atoms with Crippen LogP contribution in [0.3, 0.4) is 0 Å². The van der Waals surface area contributed by atoms with Crippen LogP contribution < -0.4 is 0 Å². The first-order valence-corrected chi connectivity index (χ1v) is 4.16. The summed E-state index contributed by atoms with van der Waals surface area (Å²) < 4.78 is -1.08. The van der Waals surface area contributed by atoms with Crippen molar-refractivity contribution >= 4 is 50.7 Å². The summed E-state index contributed by atoms with van der Waals surface area (Å²) in [6, 6.07) is 0. The van der Waals surface area contributed by atoms with Gasteiger partial charge in [0.1, 0.15) is 0 Å². The molecule has 0 aliphatic rings. The maximum absolute atomic E-state index is 5.06. The average Bonchev–Trinajstić information content (AvgIpc) is 1.36. The molecular weight excluding hydrogens is 222 g/mol. The number of hydrogen-bond acceptors (Lipinski definition) is 0. The molecule has 0 nitrogen and oxygen atoms in total. The molecule has 4 heteroatoms. The van der Waals surface area contributed by atoms with Crippen molar-refractivity contribution in [1.82, 2.24) is 0 Å². The number of hydrogen-bond donors (Lipinski definition) is 0. The van der Waals surface area contributed by atoms with Gasteiger partial charge in [0, 0.05) is 0 Å². The molecular formula is C3H6BrCl3. The molecule has 0 saturated carbocycles. The minimum absolute atomic E-state index is 1.08. The first kappa shape index (κ1) is 11.2. The van der Waals surface area contributed by atoms with E-state index in [1.54, 1.807) is 0 Å². The summed E-state index contributed by atoms with van der Waals surface area (Å²) in [5, 5.41) is 0. The van der Waals surface area contributed by atoms with Crippen LogP contribution in [0.2, 0.25) is 0 Å². The van der Waals surface area contributed by atoms with Crippen LogP contribution in [0.25, 0.3) is 0 Å². The Balaban J connectivity index is 0. The van der Waals surface area contributed by atoms with Gasteiger partial charge < -0.3 is 0 Å². The van der Waals surface area contributed by atoms with Crippen LogP contribution in [-0.4, -0.2) is 9.63 Å². The van der Waals surface area contributed by atoms with Crippen molar-refractivity contribution in [2.45, 2.75) is 10.7 Å². The largest absolute Gasteiger partial charge is 0.187 e. The van der Waals surface area contributed by atoms with Gasteiger partial charge in [-0.25, -0.2) is 0 Å². The minimum atomic E-state index is -1.08. The van der Waals surface area contributed by atoms with E-state index in [1.165, 1.54) is 6.92 Å². The van der Waals surface area contributed by atoms with Gasteiger partial charge in [0.05, 0.1) is 0 Å². The van der Waals surface area contributed by atoms with Crippen molar-refractivity contribution in [1.29, 1.82) is 0 Å². The topological polar surface area (TPSA) is 0 Å². The Kier molecular flexibility index (Phi) is 8.77. The zero-order valence-corrected chi connectivity index (χ0v) is 7.87. The fourth-order valence-electron chi connectivity index (χ4n) is 0.